The molecule has 0 spiro atoms. The predicted octanol–water partition coefficient (Wildman–Crippen LogP) is 5.76. The lowest BCUT2D eigenvalue weighted by Crippen LogP contribution is -2.53. The van der Waals surface area contributed by atoms with E-state index in [9.17, 15) is 29.1 Å². The minimum Gasteiger partial charge on any atom is -0.483 e. The van der Waals surface area contributed by atoms with Gasteiger partial charge < -0.3 is 35.4 Å². The highest BCUT2D eigenvalue weighted by Crippen LogP contribution is 2.31. The van der Waals surface area contributed by atoms with Crippen molar-refractivity contribution in [1.29, 1.82) is 0 Å². The fourth-order valence-electron chi connectivity index (χ4n) is 7.01. The first-order valence-corrected chi connectivity index (χ1v) is 19.1. The third-order valence-electron chi connectivity index (χ3n) is 9.91. The minimum atomic E-state index is -1.26. The van der Waals surface area contributed by atoms with Crippen LogP contribution in [0.3, 0.4) is 0 Å². The largest absolute Gasteiger partial charge is 0.483 e. The Morgan fingerprint density at radius 2 is 1.51 bits per heavy atom. The Morgan fingerprint density at radius 3 is 2.13 bits per heavy atom. The molecule has 2 atom stereocenters. The molecule has 4 rings (SSSR count). The number of ether oxygens (including phenoxy) is 2. The number of para-hydroxylation sites is 1. The van der Waals surface area contributed by atoms with Crippen LogP contribution in [0.2, 0.25) is 0 Å². The first-order valence-electron chi connectivity index (χ1n) is 19.1. The van der Waals surface area contributed by atoms with Gasteiger partial charge >= 0.3 is 12.1 Å². The van der Waals surface area contributed by atoms with Crippen LogP contribution >= 0.6 is 0 Å². The molecule has 12 heteroatoms. The van der Waals surface area contributed by atoms with Gasteiger partial charge in [-0.15, -0.1) is 0 Å². The molecule has 53 heavy (non-hydrogen) atoms. The zero-order valence-corrected chi connectivity index (χ0v) is 32.0. The highest BCUT2D eigenvalue weighted by molar-refractivity contribution is 5.91. The summed E-state index contributed by atoms with van der Waals surface area (Å²) in [7, 11) is 0. The predicted molar refractivity (Wildman–Crippen MR) is 202 cm³/mol. The Bertz CT molecular complexity index is 1540. The van der Waals surface area contributed by atoms with Crippen molar-refractivity contribution in [2.24, 2.45) is 11.8 Å². The molecule has 2 aliphatic rings. The molecule has 290 valence electrons. The summed E-state index contributed by atoms with van der Waals surface area (Å²) in [4.78, 5) is 65.5. The summed E-state index contributed by atoms with van der Waals surface area (Å²) in [5, 5.41) is 18.4. The van der Waals surface area contributed by atoms with Crippen LogP contribution < -0.4 is 25.4 Å². The number of piperidine rings is 1. The maximum absolute atomic E-state index is 13.3. The number of aliphatic carboxylic acids is 1. The first-order chi connectivity index (χ1) is 25.2. The SMILES string of the molecule is CC(C)C[C@H](NC(=O)COc1ccccc1C(C)(C)C)C(=O)N[C@@H](Cc1ccc(OC(=O)N2CCC(NC(=O)CC3CCCCC3)CC2)cc1)C(=O)O. The molecule has 1 aliphatic carbocycles. The molecule has 4 amide bonds. The summed E-state index contributed by atoms with van der Waals surface area (Å²) in [6, 6.07) is 11.8. The summed E-state index contributed by atoms with van der Waals surface area (Å²) < 4.78 is 11.4. The lowest BCUT2D eigenvalue weighted by molar-refractivity contribution is -0.142. The molecule has 12 nitrogen and oxygen atoms in total. The minimum absolute atomic E-state index is 0.0235. The summed E-state index contributed by atoms with van der Waals surface area (Å²) in [5.41, 5.74) is 1.36. The number of carbonyl (C=O) groups is 5. The van der Waals surface area contributed by atoms with Crippen LogP contribution in [0.5, 0.6) is 11.5 Å². The van der Waals surface area contributed by atoms with Gasteiger partial charge in [0.05, 0.1) is 0 Å². The molecule has 2 aromatic rings. The van der Waals surface area contributed by atoms with Crippen LogP contribution in [-0.4, -0.2) is 77.6 Å². The fraction of sp³-hybridized carbons (Fsp3) is 0.585. The lowest BCUT2D eigenvalue weighted by atomic mass is 9.86. The smallest absolute Gasteiger partial charge is 0.415 e. The van der Waals surface area contributed by atoms with Gasteiger partial charge in [0.25, 0.3) is 5.91 Å². The summed E-state index contributed by atoms with van der Waals surface area (Å²) in [6.45, 7) is 10.6. The summed E-state index contributed by atoms with van der Waals surface area (Å²) >= 11 is 0. The van der Waals surface area contributed by atoms with Gasteiger partial charge in [0.1, 0.15) is 23.6 Å². The molecule has 0 unspecified atom stereocenters. The van der Waals surface area contributed by atoms with Crippen LogP contribution in [0.1, 0.15) is 104 Å². The molecule has 4 N–H and O–H groups in total. The van der Waals surface area contributed by atoms with Crippen molar-refractivity contribution in [2.75, 3.05) is 19.7 Å². The number of amides is 4. The molecule has 1 aliphatic heterocycles. The van der Waals surface area contributed by atoms with Crippen LogP contribution in [-0.2, 0) is 31.0 Å². The monoisotopic (exact) mass is 734 g/mol. The third kappa shape index (κ3) is 13.4. The Morgan fingerprint density at radius 1 is 0.849 bits per heavy atom. The zero-order valence-electron chi connectivity index (χ0n) is 32.0. The van der Waals surface area contributed by atoms with E-state index < -0.39 is 36.0 Å². The van der Waals surface area contributed by atoms with Crippen molar-refractivity contribution in [2.45, 2.75) is 122 Å². The van der Waals surface area contributed by atoms with Gasteiger partial charge in [-0.1, -0.05) is 84.2 Å². The number of hydrogen-bond acceptors (Lipinski definition) is 7. The molecular weight excluding hydrogens is 676 g/mol. The standard InChI is InChI=1S/C41H58N4O8/c1-27(2)23-33(43-37(47)26-52-35-14-10-9-13-32(35)41(3,4)5)38(48)44-34(39(49)50)24-29-15-17-31(18-16-29)53-40(51)45-21-19-30(20-22-45)42-36(46)25-28-11-7-6-8-12-28/h9-10,13-18,27-28,30,33-34H,6-8,11-12,19-26H2,1-5H3,(H,42,46)(H,43,47)(H,44,48)(H,49,50)/t33-,34-/m0/s1. The molecule has 1 saturated carbocycles. The van der Waals surface area contributed by atoms with E-state index in [0.717, 1.165) is 18.4 Å². The molecule has 2 fully saturated rings. The van der Waals surface area contributed by atoms with Crippen molar-refractivity contribution < 1.29 is 38.6 Å². The van der Waals surface area contributed by atoms with Gasteiger partial charge in [-0.05, 0) is 78.7 Å². The highest BCUT2D eigenvalue weighted by atomic mass is 16.6. The van der Waals surface area contributed by atoms with Crippen LogP contribution in [0, 0.1) is 11.8 Å². The van der Waals surface area contributed by atoms with Crippen LogP contribution in [0.25, 0.3) is 0 Å². The Balaban J connectivity index is 1.25. The Hall–Kier alpha value is -4.61. The van der Waals surface area contributed by atoms with E-state index in [0.29, 0.717) is 61.8 Å². The average Bonchev–Trinajstić information content (AvgIpc) is 3.11. The van der Waals surface area contributed by atoms with Crippen LogP contribution in [0.15, 0.2) is 48.5 Å². The maximum atomic E-state index is 13.3. The van der Waals surface area contributed by atoms with Crippen LogP contribution in [0.4, 0.5) is 4.79 Å². The van der Waals surface area contributed by atoms with Crippen molar-refractivity contribution in [3.8, 4) is 11.5 Å². The number of rotatable bonds is 15. The second-order valence-electron chi connectivity index (χ2n) is 15.9. The number of carboxylic acids is 1. The number of carbonyl (C=O) groups excluding carboxylic acids is 4. The molecule has 2 aromatic carbocycles. The van der Waals surface area contributed by atoms with Gasteiger partial charge in [0.15, 0.2) is 6.61 Å². The number of nitrogens with zero attached hydrogens (tertiary/aromatic N) is 1. The quantitative estimate of drug-likeness (QED) is 0.180. The van der Waals surface area contributed by atoms with Crippen molar-refractivity contribution in [1.82, 2.24) is 20.9 Å². The summed E-state index contributed by atoms with van der Waals surface area (Å²) in [5.74, 6) is -0.809. The normalized spacial score (nSPS) is 16.7. The van der Waals surface area contributed by atoms with Gasteiger partial charge in [0.2, 0.25) is 11.8 Å². The van der Waals surface area contributed by atoms with Gasteiger partial charge in [-0.2, -0.15) is 0 Å². The summed E-state index contributed by atoms with van der Waals surface area (Å²) in [6.07, 6.45) is 7.62. The van der Waals surface area contributed by atoms with Crippen molar-refractivity contribution >= 4 is 29.8 Å². The lowest BCUT2D eigenvalue weighted by Gasteiger charge is -2.32. The average molecular weight is 735 g/mol. The molecule has 0 aromatic heterocycles. The molecule has 1 saturated heterocycles. The zero-order chi connectivity index (χ0) is 38.5. The number of benzene rings is 2. The topological polar surface area (TPSA) is 163 Å². The maximum Gasteiger partial charge on any atom is 0.415 e. The first kappa shape index (κ1) is 41.2. The van der Waals surface area contributed by atoms with E-state index in [1.54, 1.807) is 35.2 Å². The van der Waals surface area contributed by atoms with E-state index in [4.69, 9.17) is 9.47 Å². The number of hydrogen-bond donors (Lipinski definition) is 4. The third-order valence-corrected chi connectivity index (χ3v) is 9.91. The molecular formula is C41H58N4O8. The van der Waals surface area contributed by atoms with Gasteiger partial charge in [-0.3, -0.25) is 14.4 Å². The number of likely N-dealkylation sites (tertiary alicyclic amines) is 1. The Kier molecular flexibility index (Phi) is 15.1. The fourth-order valence-corrected chi connectivity index (χ4v) is 7.01. The van der Waals surface area contributed by atoms with Crippen molar-refractivity contribution in [3.05, 3.63) is 59.7 Å². The van der Waals surface area contributed by atoms with Gasteiger partial charge in [0, 0.05) is 32.0 Å². The van der Waals surface area contributed by atoms with E-state index in [1.165, 1.54) is 19.3 Å². The Labute approximate surface area is 313 Å². The second kappa shape index (κ2) is 19.5. The van der Waals surface area contributed by atoms with E-state index in [2.05, 4.69) is 16.0 Å². The van der Waals surface area contributed by atoms with Gasteiger partial charge in [-0.25, -0.2) is 9.59 Å². The van der Waals surface area contributed by atoms with Crippen molar-refractivity contribution in [3.63, 3.8) is 0 Å². The second-order valence-corrected chi connectivity index (χ2v) is 15.9. The molecule has 1 heterocycles. The number of carboxylic acid groups (broad SMARTS) is 1. The molecule has 0 bridgehead atoms. The van der Waals surface area contributed by atoms with E-state index >= 15 is 0 Å². The molecule has 0 radical (unpaired) electrons. The van der Waals surface area contributed by atoms with E-state index in [1.807, 2.05) is 52.8 Å². The number of nitrogens with one attached hydrogen (secondary N) is 3. The highest BCUT2D eigenvalue weighted by Gasteiger charge is 2.29. The van der Waals surface area contributed by atoms with E-state index in [-0.39, 0.29) is 36.3 Å².